The monoisotopic (exact) mass is 361 g/mol. The van der Waals surface area contributed by atoms with Crippen molar-refractivity contribution >= 4 is 17.8 Å². The summed E-state index contributed by atoms with van der Waals surface area (Å²) >= 11 is 0. The molecular weight excluding hydrogens is 346 g/mol. The Kier molecular flexibility index (Phi) is 5.54. The summed E-state index contributed by atoms with van der Waals surface area (Å²) in [5.74, 6) is 0.812. The van der Waals surface area contributed by atoms with E-state index in [2.05, 4.69) is 10.5 Å². The molecule has 3 rings (SSSR count). The number of para-hydroxylation sites is 1. The highest BCUT2D eigenvalue weighted by Crippen LogP contribution is 2.21. The highest BCUT2D eigenvalue weighted by Gasteiger charge is 2.10. The van der Waals surface area contributed by atoms with E-state index in [0.29, 0.717) is 11.5 Å². The van der Waals surface area contributed by atoms with Gasteiger partial charge >= 0.3 is 0 Å². The normalized spacial score (nSPS) is 10.5. The number of hydrogen-bond donors (Lipinski definition) is 1. The maximum absolute atomic E-state index is 12.0. The van der Waals surface area contributed by atoms with Crippen molar-refractivity contribution in [1.82, 2.24) is 5.43 Å². The van der Waals surface area contributed by atoms with Gasteiger partial charge in [-0.1, -0.05) is 36.4 Å². The van der Waals surface area contributed by atoms with Gasteiger partial charge in [-0.2, -0.15) is 5.10 Å². The van der Waals surface area contributed by atoms with Gasteiger partial charge in [0.15, 0.2) is 0 Å². The van der Waals surface area contributed by atoms with Crippen LogP contribution in [0.2, 0.25) is 0 Å². The molecule has 0 aliphatic heterocycles. The molecule has 3 aromatic rings. The summed E-state index contributed by atoms with van der Waals surface area (Å²) in [6.07, 6.45) is 1.47. The molecule has 0 saturated heterocycles. The van der Waals surface area contributed by atoms with E-state index in [-0.39, 0.29) is 11.3 Å². The highest BCUT2D eigenvalue weighted by atomic mass is 16.6. The minimum Gasteiger partial charge on any atom is -0.457 e. The van der Waals surface area contributed by atoms with Gasteiger partial charge < -0.3 is 4.74 Å². The number of nitrogens with one attached hydrogen (secondary N) is 1. The van der Waals surface area contributed by atoms with Gasteiger partial charge in [0.05, 0.1) is 11.1 Å². The van der Waals surface area contributed by atoms with Gasteiger partial charge in [-0.05, 0) is 35.9 Å². The molecule has 3 aromatic carbocycles. The molecule has 134 valence electrons. The van der Waals surface area contributed by atoms with Crippen LogP contribution >= 0.6 is 0 Å². The molecule has 7 nitrogen and oxygen atoms in total. The van der Waals surface area contributed by atoms with E-state index in [1.54, 1.807) is 12.1 Å². The fourth-order valence-electron chi connectivity index (χ4n) is 2.27. The molecule has 0 spiro atoms. The maximum Gasteiger partial charge on any atom is 0.271 e. The maximum atomic E-state index is 12.0. The first kappa shape index (κ1) is 17.8. The summed E-state index contributed by atoms with van der Waals surface area (Å²) in [4.78, 5) is 22.3. The van der Waals surface area contributed by atoms with Crippen molar-refractivity contribution in [3.63, 3.8) is 0 Å². The average Bonchev–Trinajstić information content (AvgIpc) is 2.69. The lowest BCUT2D eigenvalue weighted by Gasteiger charge is -2.05. The molecule has 1 N–H and O–H groups in total. The zero-order valence-corrected chi connectivity index (χ0v) is 14.1. The third-order valence-corrected chi connectivity index (χ3v) is 3.54. The predicted molar refractivity (Wildman–Crippen MR) is 101 cm³/mol. The quantitative estimate of drug-likeness (QED) is 0.405. The number of non-ortho nitro benzene ring substituents is 1. The number of rotatable bonds is 6. The molecular formula is C20H15N3O4. The number of carbonyl (C=O) groups excluding carboxylic acids is 1. The summed E-state index contributed by atoms with van der Waals surface area (Å²) < 4.78 is 5.74. The number of ether oxygens (including phenoxy) is 1. The first-order valence-corrected chi connectivity index (χ1v) is 8.03. The largest absolute Gasteiger partial charge is 0.457 e. The standard InChI is InChI=1S/C20H15N3O4/c24-20(16-7-5-8-17(13-16)23(25)26)22-21-14-15-6-4-11-19(12-15)27-18-9-2-1-3-10-18/h1-14H,(H,22,24). The molecule has 1 amide bonds. The molecule has 0 aliphatic rings. The van der Waals surface area contributed by atoms with E-state index < -0.39 is 10.8 Å². The minimum absolute atomic E-state index is 0.155. The Morgan fingerprint density at radius 2 is 1.70 bits per heavy atom. The number of nitrogens with zero attached hydrogens (tertiary/aromatic N) is 2. The molecule has 0 aromatic heterocycles. The lowest BCUT2D eigenvalue weighted by Crippen LogP contribution is -2.17. The second-order valence-corrected chi connectivity index (χ2v) is 5.49. The molecule has 0 radical (unpaired) electrons. The van der Waals surface area contributed by atoms with Crippen LogP contribution in [0.1, 0.15) is 15.9 Å². The number of nitro benzene ring substituents is 1. The molecule has 0 heterocycles. The molecule has 0 saturated carbocycles. The van der Waals surface area contributed by atoms with Crippen LogP contribution in [0.5, 0.6) is 11.5 Å². The highest BCUT2D eigenvalue weighted by molar-refractivity contribution is 5.95. The van der Waals surface area contributed by atoms with Crippen molar-refractivity contribution in [2.45, 2.75) is 0 Å². The van der Waals surface area contributed by atoms with Gasteiger partial charge in [0, 0.05) is 17.7 Å². The van der Waals surface area contributed by atoms with Crippen LogP contribution < -0.4 is 10.2 Å². The van der Waals surface area contributed by atoms with Crippen LogP contribution in [-0.4, -0.2) is 17.0 Å². The summed E-state index contributed by atoms with van der Waals surface area (Å²) in [5.41, 5.74) is 3.07. The van der Waals surface area contributed by atoms with Crippen LogP contribution in [0.3, 0.4) is 0 Å². The first-order valence-electron chi connectivity index (χ1n) is 8.03. The first-order chi connectivity index (χ1) is 13.1. The summed E-state index contributed by atoms with van der Waals surface area (Å²) in [7, 11) is 0. The number of nitro groups is 1. The van der Waals surface area contributed by atoms with Gasteiger partial charge in [0.2, 0.25) is 0 Å². The van der Waals surface area contributed by atoms with Crippen molar-refractivity contribution in [3.05, 3.63) is 100 Å². The minimum atomic E-state index is -0.557. The van der Waals surface area contributed by atoms with Crippen molar-refractivity contribution in [2.24, 2.45) is 5.10 Å². The molecule has 0 unspecified atom stereocenters. The van der Waals surface area contributed by atoms with Gasteiger partial charge in [-0.25, -0.2) is 5.43 Å². The number of amides is 1. The van der Waals surface area contributed by atoms with Crippen LogP contribution in [-0.2, 0) is 0 Å². The van der Waals surface area contributed by atoms with Gasteiger partial charge in [-0.3, -0.25) is 14.9 Å². The van der Waals surface area contributed by atoms with Gasteiger partial charge in [0.25, 0.3) is 11.6 Å². The van der Waals surface area contributed by atoms with Gasteiger partial charge in [-0.15, -0.1) is 0 Å². The molecule has 27 heavy (non-hydrogen) atoms. The SMILES string of the molecule is O=C(NN=Cc1cccc(Oc2ccccc2)c1)c1cccc([N+](=O)[O-])c1. The smallest absolute Gasteiger partial charge is 0.271 e. The summed E-state index contributed by atoms with van der Waals surface area (Å²) in [6.45, 7) is 0. The number of carbonyl (C=O) groups is 1. The molecule has 0 atom stereocenters. The van der Waals surface area contributed by atoms with E-state index in [1.807, 2.05) is 42.5 Å². The molecule has 0 aliphatic carbocycles. The lowest BCUT2D eigenvalue weighted by atomic mass is 10.2. The van der Waals surface area contributed by atoms with E-state index in [1.165, 1.54) is 30.5 Å². The third-order valence-electron chi connectivity index (χ3n) is 3.54. The Morgan fingerprint density at radius 3 is 2.48 bits per heavy atom. The number of hydrazone groups is 1. The molecule has 0 fully saturated rings. The van der Waals surface area contributed by atoms with Gasteiger partial charge in [0.1, 0.15) is 11.5 Å². The fourth-order valence-corrected chi connectivity index (χ4v) is 2.27. The number of hydrogen-bond acceptors (Lipinski definition) is 5. The van der Waals surface area contributed by atoms with Crippen molar-refractivity contribution in [1.29, 1.82) is 0 Å². The van der Waals surface area contributed by atoms with E-state index in [4.69, 9.17) is 4.74 Å². The lowest BCUT2D eigenvalue weighted by molar-refractivity contribution is -0.384. The van der Waals surface area contributed by atoms with Crippen molar-refractivity contribution in [3.8, 4) is 11.5 Å². The topological polar surface area (TPSA) is 93.8 Å². The molecule has 7 heteroatoms. The van der Waals surface area contributed by atoms with Crippen molar-refractivity contribution in [2.75, 3.05) is 0 Å². The van der Waals surface area contributed by atoms with E-state index >= 15 is 0 Å². The fraction of sp³-hybridized carbons (Fsp3) is 0. The Morgan fingerprint density at radius 1 is 0.963 bits per heavy atom. The summed E-state index contributed by atoms with van der Waals surface area (Å²) in [5, 5.41) is 14.7. The van der Waals surface area contributed by atoms with E-state index in [0.717, 1.165) is 5.56 Å². The van der Waals surface area contributed by atoms with Crippen LogP contribution in [0, 0.1) is 10.1 Å². The van der Waals surface area contributed by atoms with Crippen LogP contribution in [0.15, 0.2) is 84.0 Å². The van der Waals surface area contributed by atoms with Crippen LogP contribution in [0.25, 0.3) is 0 Å². The Balaban J connectivity index is 1.64. The zero-order chi connectivity index (χ0) is 19.1. The zero-order valence-electron chi connectivity index (χ0n) is 14.1. The Bertz CT molecular complexity index is 987. The Hall–Kier alpha value is -4.00. The summed E-state index contributed by atoms with van der Waals surface area (Å²) in [6, 6.07) is 22.0. The average molecular weight is 361 g/mol. The van der Waals surface area contributed by atoms with E-state index in [9.17, 15) is 14.9 Å². The van der Waals surface area contributed by atoms with Crippen LogP contribution in [0.4, 0.5) is 5.69 Å². The second-order valence-electron chi connectivity index (χ2n) is 5.49. The second kappa shape index (κ2) is 8.39. The third kappa shape index (κ3) is 4.99. The Labute approximate surface area is 155 Å². The molecule has 0 bridgehead atoms. The van der Waals surface area contributed by atoms with Crippen molar-refractivity contribution < 1.29 is 14.5 Å². The predicted octanol–water partition coefficient (Wildman–Crippen LogP) is 4.15. The number of benzene rings is 3.